The number of benzene rings is 1. The molecular weight excluding hydrogens is 521 g/mol. The molecule has 0 saturated carbocycles. The standard InChI is InChI=1S/C27H32FN5O4.CH2O2/c1-16-8-22(28)24(33-27(35)30-5-4-18-14-36-15-18)11-20(16)19-9-23(32-26(10-19)37-7-6-34)21-12-25(29-3)31-13-17(21)2;2-1-3/h8-13,18,34H,4-7,14-15H2,1-3H3,(H,29,31)(H2,30,33,35);1H,(H,2,3). The quantitative estimate of drug-likeness (QED) is 0.235. The van der Waals surface area contributed by atoms with Gasteiger partial charge in [-0.05, 0) is 66.8 Å². The summed E-state index contributed by atoms with van der Waals surface area (Å²) in [5.74, 6) is 0.934. The SMILES string of the molecule is CNc1cc(-c2cc(-c3cc(NC(=O)NCCC4COC4)c(F)cc3C)cc(OCCO)n2)c(C)cn1.O=CO. The number of aliphatic hydroxyl groups is 1. The van der Waals surface area contributed by atoms with Gasteiger partial charge in [0.2, 0.25) is 5.88 Å². The molecule has 1 aromatic carbocycles. The van der Waals surface area contributed by atoms with Crippen molar-refractivity contribution in [1.82, 2.24) is 15.3 Å². The second-order valence-electron chi connectivity index (χ2n) is 9.11. The number of rotatable bonds is 10. The van der Waals surface area contributed by atoms with Crippen molar-refractivity contribution in [2.45, 2.75) is 20.3 Å². The molecule has 0 bridgehead atoms. The Kier molecular flexibility index (Phi) is 11.2. The van der Waals surface area contributed by atoms with E-state index in [4.69, 9.17) is 19.4 Å². The van der Waals surface area contributed by atoms with E-state index in [1.54, 1.807) is 32.3 Å². The van der Waals surface area contributed by atoms with Gasteiger partial charge in [0.25, 0.3) is 6.47 Å². The third-order valence-electron chi connectivity index (χ3n) is 6.20. The Morgan fingerprint density at radius 1 is 1.18 bits per heavy atom. The van der Waals surface area contributed by atoms with Crippen LogP contribution in [-0.2, 0) is 9.53 Å². The summed E-state index contributed by atoms with van der Waals surface area (Å²) in [6, 6.07) is 8.04. The summed E-state index contributed by atoms with van der Waals surface area (Å²) in [6.45, 7) is 5.32. The van der Waals surface area contributed by atoms with Crippen LogP contribution in [0.4, 0.5) is 20.7 Å². The molecule has 11 nitrogen and oxygen atoms in total. The summed E-state index contributed by atoms with van der Waals surface area (Å²) in [5, 5.41) is 24.6. The Morgan fingerprint density at radius 3 is 2.58 bits per heavy atom. The van der Waals surface area contributed by atoms with Gasteiger partial charge in [-0.15, -0.1) is 0 Å². The molecular formula is C28H34FN5O6. The summed E-state index contributed by atoms with van der Waals surface area (Å²) in [5.41, 5.74) is 4.59. The van der Waals surface area contributed by atoms with Gasteiger partial charge in [-0.3, -0.25) is 4.79 Å². The van der Waals surface area contributed by atoms with Crippen molar-refractivity contribution in [1.29, 1.82) is 0 Å². The number of aromatic nitrogens is 2. The molecule has 2 amide bonds. The predicted octanol–water partition coefficient (Wildman–Crippen LogP) is 3.84. The van der Waals surface area contributed by atoms with Crippen molar-refractivity contribution in [3.05, 3.63) is 53.5 Å². The summed E-state index contributed by atoms with van der Waals surface area (Å²) >= 11 is 0. The number of nitrogens with one attached hydrogen (secondary N) is 3. The Morgan fingerprint density at radius 2 is 1.93 bits per heavy atom. The van der Waals surface area contributed by atoms with Gasteiger partial charge >= 0.3 is 6.03 Å². The normalized spacial score (nSPS) is 12.4. The lowest BCUT2D eigenvalue weighted by molar-refractivity contribution is -0.122. The van der Waals surface area contributed by atoms with Crippen molar-refractivity contribution in [2.24, 2.45) is 5.92 Å². The molecule has 3 aromatic rings. The maximum absolute atomic E-state index is 14.8. The highest BCUT2D eigenvalue weighted by Gasteiger charge is 2.19. The van der Waals surface area contributed by atoms with E-state index in [9.17, 15) is 14.3 Å². The third kappa shape index (κ3) is 8.10. The van der Waals surface area contributed by atoms with Crippen LogP contribution < -0.4 is 20.7 Å². The number of carboxylic acid groups (broad SMARTS) is 1. The van der Waals surface area contributed by atoms with E-state index in [1.165, 1.54) is 6.07 Å². The zero-order chi connectivity index (χ0) is 29.1. The first-order valence-electron chi connectivity index (χ1n) is 12.7. The molecule has 2 aromatic heterocycles. The van der Waals surface area contributed by atoms with Crippen LogP contribution in [0, 0.1) is 25.6 Å². The molecule has 40 heavy (non-hydrogen) atoms. The highest BCUT2D eigenvalue weighted by Crippen LogP contribution is 2.34. The Balaban J connectivity index is 0.00000141. The van der Waals surface area contributed by atoms with Crippen LogP contribution >= 0.6 is 0 Å². The number of nitrogens with zero attached hydrogens (tertiary/aromatic N) is 2. The van der Waals surface area contributed by atoms with Crippen molar-refractivity contribution in [3.8, 4) is 28.3 Å². The average molecular weight is 556 g/mol. The van der Waals surface area contributed by atoms with E-state index in [1.807, 2.05) is 19.1 Å². The Bertz CT molecular complexity index is 1320. The second-order valence-corrected chi connectivity index (χ2v) is 9.11. The lowest BCUT2D eigenvalue weighted by atomic mass is 9.97. The molecule has 214 valence electrons. The molecule has 0 spiro atoms. The first-order chi connectivity index (χ1) is 19.3. The zero-order valence-corrected chi connectivity index (χ0v) is 22.7. The van der Waals surface area contributed by atoms with Crippen molar-refractivity contribution >= 4 is 24.0 Å². The average Bonchev–Trinajstić information content (AvgIpc) is 2.91. The van der Waals surface area contributed by atoms with Crippen molar-refractivity contribution < 1.29 is 33.7 Å². The number of aryl methyl sites for hydroxylation is 2. The minimum absolute atomic E-state index is 0.0684. The van der Waals surface area contributed by atoms with Gasteiger partial charge in [0.15, 0.2) is 0 Å². The first-order valence-corrected chi connectivity index (χ1v) is 12.7. The lowest BCUT2D eigenvalue weighted by Crippen LogP contribution is -2.35. The number of pyridine rings is 2. The fraction of sp³-hybridized carbons (Fsp3) is 0.357. The maximum atomic E-state index is 14.8. The molecule has 0 aliphatic carbocycles. The van der Waals surface area contributed by atoms with Gasteiger partial charge in [-0.25, -0.2) is 19.2 Å². The summed E-state index contributed by atoms with van der Waals surface area (Å²) < 4.78 is 25.6. The molecule has 1 aliphatic rings. The molecule has 4 rings (SSSR count). The van der Waals surface area contributed by atoms with Crippen molar-refractivity contribution in [2.75, 3.05) is 50.7 Å². The van der Waals surface area contributed by atoms with Crippen LogP contribution in [0.3, 0.4) is 0 Å². The molecule has 1 aliphatic heterocycles. The molecule has 3 heterocycles. The Labute approximate surface area is 231 Å². The number of carbonyl (C=O) groups is 2. The largest absolute Gasteiger partial charge is 0.483 e. The van der Waals surface area contributed by atoms with Gasteiger partial charge in [0, 0.05) is 37.3 Å². The van der Waals surface area contributed by atoms with Gasteiger partial charge in [-0.1, -0.05) is 0 Å². The summed E-state index contributed by atoms with van der Waals surface area (Å²) in [6.07, 6.45) is 2.57. The van der Waals surface area contributed by atoms with E-state index >= 15 is 0 Å². The first kappa shape index (κ1) is 30.3. The van der Waals surface area contributed by atoms with E-state index in [0.717, 1.165) is 23.1 Å². The summed E-state index contributed by atoms with van der Waals surface area (Å²) in [7, 11) is 1.79. The van der Waals surface area contributed by atoms with Gasteiger partial charge in [0.1, 0.15) is 18.2 Å². The maximum Gasteiger partial charge on any atom is 0.319 e. The van der Waals surface area contributed by atoms with E-state index in [0.29, 0.717) is 54.2 Å². The molecule has 12 heteroatoms. The van der Waals surface area contributed by atoms with E-state index < -0.39 is 11.8 Å². The number of hydrogen-bond acceptors (Lipinski definition) is 8. The Hall–Kier alpha value is -4.29. The monoisotopic (exact) mass is 555 g/mol. The molecule has 0 radical (unpaired) electrons. The molecule has 0 unspecified atom stereocenters. The van der Waals surface area contributed by atoms with Crippen LogP contribution in [-0.4, -0.2) is 72.7 Å². The fourth-order valence-corrected chi connectivity index (χ4v) is 4.05. The topological polar surface area (TPSA) is 155 Å². The number of carbonyl (C=O) groups excluding carboxylic acids is 1. The lowest BCUT2D eigenvalue weighted by Gasteiger charge is -2.25. The second kappa shape index (κ2) is 14.8. The van der Waals surface area contributed by atoms with Crippen LogP contribution in [0.2, 0.25) is 0 Å². The van der Waals surface area contributed by atoms with Crippen LogP contribution in [0.5, 0.6) is 5.88 Å². The highest BCUT2D eigenvalue weighted by molar-refractivity contribution is 5.91. The summed E-state index contributed by atoms with van der Waals surface area (Å²) in [4.78, 5) is 29.7. The van der Waals surface area contributed by atoms with Crippen molar-refractivity contribution in [3.63, 3.8) is 0 Å². The number of halogens is 1. The minimum atomic E-state index is -0.529. The van der Waals surface area contributed by atoms with Gasteiger partial charge in [0.05, 0.1) is 31.2 Å². The number of ether oxygens (including phenoxy) is 2. The minimum Gasteiger partial charge on any atom is -0.483 e. The van der Waals surface area contributed by atoms with Gasteiger partial charge in [-0.2, -0.15) is 0 Å². The van der Waals surface area contributed by atoms with Crippen LogP contribution in [0.15, 0.2) is 36.5 Å². The fourth-order valence-electron chi connectivity index (χ4n) is 4.05. The van der Waals surface area contributed by atoms with E-state index in [-0.39, 0.29) is 25.4 Å². The van der Waals surface area contributed by atoms with E-state index in [2.05, 4.69) is 25.9 Å². The third-order valence-corrected chi connectivity index (χ3v) is 6.20. The molecule has 1 saturated heterocycles. The van der Waals surface area contributed by atoms with Gasteiger partial charge < -0.3 is 35.6 Å². The smallest absolute Gasteiger partial charge is 0.319 e. The molecule has 1 fully saturated rings. The molecule has 0 atom stereocenters. The van der Waals surface area contributed by atoms with Crippen LogP contribution in [0.1, 0.15) is 17.5 Å². The number of aliphatic hydroxyl groups excluding tert-OH is 1. The number of anilines is 2. The highest BCUT2D eigenvalue weighted by atomic mass is 19.1. The predicted molar refractivity (Wildman–Crippen MR) is 149 cm³/mol. The number of hydrogen-bond donors (Lipinski definition) is 5. The number of urea groups is 1. The zero-order valence-electron chi connectivity index (χ0n) is 22.7. The molecule has 5 N–H and O–H groups in total. The number of amides is 2. The van der Waals surface area contributed by atoms with Crippen LogP contribution in [0.25, 0.3) is 22.4 Å².